The highest BCUT2D eigenvalue weighted by atomic mass is 16.5. The maximum Gasteiger partial charge on any atom is 0.321 e. The van der Waals surface area contributed by atoms with Crippen molar-refractivity contribution in [1.29, 1.82) is 0 Å². The molecule has 0 spiro atoms. The van der Waals surface area contributed by atoms with Crippen LogP contribution in [0.15, 0.2) is 42.5 Å². The average molecular weight is 352 g/mol. The van der Waals surface area contributed by atoms with Crippen LogP contribution >= 0.6 is 0 Å². The third-order valence-corrected chi connectivity index (χ3v) is 4.95. The Morgan fingerprint density at radius 2 is 1.88 bits per heavy atom. The fourth-order valence-corrected chi connectivity index (χ4v) is 3.69. The van der Waals surface area contributed by atoms with Crippen molar-refractivity contribution >= 4 is 16.9 Å². The molecule has 3 aromatic rings. The van der Waals surface area contributed by atoms with Crippen LogP contribution in [0.4, 0.5) is 0 Å². The predicted molar refractivity (Wildman–Crippen MR) is 98.0 cm³/mol. The summed E-state index contributed by atoms with van der Waals surface area (Å²) in [6.07, 6.45) is 0.443. The molecule has 0 bridgehead atoms. The summed E-state index contributed by atoms with van der Waals surface area (Å²) >= 11 is 0. The highest BCUT2D eigenvalue weighted by Crippen LogP contribution is 2.38. The molecule has 2 atom stereocenters. The zero-order valence-electron chi connectivity index (χ0n) is 14.6. The normalized spacial score (nSPS) is 19.2. The van der Waals surface area contributed by atoms with E-state index in [-0.39, 0.29) is 6.04 Å². The van der Waals surface area contributed by atoms with E-state index in [2.05, 4.69) is 10.3 Å². The Morgan fingerprint density at radius 1 is 1.12 bits per heavy atom. The maximum absolute atomic E-state index is 11.7. The molecule has 2 heterocycles. The Labute approximate surface area is 150 Å². The van der Waals surface area contributed by atoms with E-state index in [9.17, 15) is 9.90 Å². The smallest absolute Gasteiger partial charge is 0.321 e. The number of aromatic nitrogens is 1. The van der Waals surface area contributed by atoms with Crippen LogP contribution in [0.2, 0.25) is 0 Å². The van der Waals surface area contributed by atoms with Crippen molar-refractivity contribution in [2.24, 2.45) is 0 Å². The lowest BCUT2D eigenvalue weighted by Gasteiger charge is -2.30. The Morgan fingerprint density at radius 3 is 2.62 bits per heavy atom. The molecule has 6 heteroatoms. The number of benzene rings is 2. The first-order valence-electron chi connectivity index (χ1n) is 8.42. The summed E-state index contributed by atoms with van der Waals surface area (Å²) in [4.78, 5) is 15.2. The summed E-state index contributed by atoms with van der Waals surface area (Å²) in [5, 5.41) is 13.9. The first-order chi connectivity index (χ1) is 12.6. The highest BCUT2D eigenvalue weighted by Gasteiger charge is 2.34. The van der Waals surface area contributed by atoms with E-state index in [0.717, 1.165) is 27.7 Å². The van der Waals surface area contributed by atoms with Gasteiger partial charge in [-0.1, -0.05) is 24.3 Å². The van der Waals surface area contributed by atoms with Crippen LogP contribution in [0.5, 0.6) is 11.5 Å². The molecule has 6 nitrogen and oxygen atoms in total. The largest absolute Gasteiger partial charge is 0.493 e. The second-order valence-electron chi connectivity index (χ2n) is 6.37. The number of aliphatic carboxylic acids is 1. The Kier molecular flexibility index (Phi) is 4.05. The van der Waals surface area contributed by atoms with Crippen LogP contribution in [0.25, 0.3) is 10.9 Å². The molecular weight excluding hydrogens is 332 g/mol. The summed E-state index contributed by atoms with van der Waals surface area (Å²) in [6.45, 7) is 0. The van der Waals surface area contributed by atoms with Crippen molar-refractivity contribution in [2.75, 3.05) is 14.2 Å². The molecule has 1 aliphatic heterocycles. The summed E-state index contributed by atoms with van der Waals surface area (Å²) in [6, 6.07) is 12.7. The van der Waals surface area contributed by atoms with E-state index in [0.29, 0.717) is 17.9 Å². The molecule has 2 aromatic carbocycles. The van der Waals surface area contributed by atoms with Crippen LogP contribution in [-0.2, 0) is 11.2 Å². The second kappa shape index (κ2) is 6.38. The van der Waals surface area contributed by atoms with E-state index < -0.39 is 12.0 Å². The van der Waals surface area contributed by atoms with Crippen LogP contribution in [0.1, 0.15) is 22.9 Å². The standard InChI is InChI=1S/C20H20N2O4/c1-25-16-8-7-11(9-17(16)26-2)18-19-13(10-15(22-18)20(23)24)12-5-3-4-6-14(12)21-19/h3-9,15,18,21-22H,10H2,1-2H3,(H,23,24)/t15-,18?/m0/s1. The number of fused-ring (bicyclic) bond motifs is 3. The SMILES string of the molecule is COc1ccc(C2N[C@H](C(=O)O)Cc3c2[nH]c2ccccc32)cc1OC. The summed E-state index contributed by atoms with van der Waals surface area (Å²) in [7, 11) is 3.18. The van der Waals surface area contributed by atoms with E-state index in [1.807, 2.05) is 42.5 Å². The van der Waals surface area contributed by atoms with Gasteiger partial charge in [-0.05, 0) is 29.3 Å². The zero-order valence-corrected chi connectivity index (χ0v) is 14.6. The third-order valence-electron chi connectivity index (χ3n) is 4.95. The number of carboxylic acid groups (broad SMARTS) is 1. The summed E-state index contributed by atoms with van der Waals surface area (Å²) < 4.78 is 10.7. The number of aromatic amines is 1. The van der Waals surface area contributed by atoms with E-state index in [4.69, 9.17) is 9.47 Å². The molecule has 1 unspecified atom stereocenters. The lowest BCUT2D eigenvalue weighted by Crippen LogP contribution is -2.44. The molecule has 0 radical (unpaired) electrons. The van der Waals surface area contributed by atoms with E-state index in [1.165, 1.54) is 0 Å². The molecule has 0 aliphatic carbocycles. The fraction of sp³-hybridized carbons (Fsp3) is 0.250. The Bertz CT molecular complexity index is 979. The summed E-state index contributed by atoms with van der Waals surface area (Å²) in [5.74, 6) is 0.395. The third kappa shape index (κ3) is 2.59. The number of hydrogen-bond acceptors (Lipinski definition) is 4. The maximum atomic E-state index is 11.7. The molecule has 1 aliphatic rings. The van der Waals surface area contributed by atoms with Gasteiger partial charge < -0.3 is 19.6 Å². The van der Waals surface area contributed by atoms with Gasteiger partial charge in [0.1, 0.15) is 6.04 Å². The molecule has 26 heavy (non-hydrogen) atoms. The van der Waals surface area contributed by atoms with Crippen molar-refractivity contribution in [3.8, 4) is 11.5 Å². The van der Waals surface area contributed by atoms with Gasteiger partial charge in [0.15, 0.2) is 11.5 Å². The van der Waals surface area contributed by atoms with Crippen molar-refractivity contribution in [2.45, 2.75) is 18.5 Å². The number of rotatable bonds is 4. The van der Waals surface area contributed by atoms with Gasteiger partial charge in [0.2, 0.25) is 0 Å². The molecule has 0 amide bonds. The van der Waals surface area contributed by atoms with Gasteiger partial charge in [0, 0.05) is 23.0 Å². The molecule has 0 saturated carbocycles. The predicted octanol–water partition coefficient (Wildman–Crippen LogP) is 2.87. The quantitative estimate of drug-likeness (QED) is 0.672. The Hall–Kier alpha value is -2.99. The van der Waals surface area contributed by atoms with Crippen LogP contribution < -0.4 is 14.8 Å². The number of methoxy groups -OCH3 is 2. The zero-order chi connectivity index (χ0) is 18.3. The minimum Gasteiger partial charge on any atom is -0.493 e. The lowest BCUT2D eigenvalue weighted by molar-refractivity contribution is -0.139. The van der Waals surface area contributed by atoms with Crippen LogP contribution in [0.3, 0.4) is 0 Å². The topological polar surface area (TPSA) is 83.6 Å². The first-order valence-corrected chi connectivity index (χ1v) is 8.42. The number of H-pyrrole nitrogens is 1. The van der Waals surface area contributed by atoms with Crippen molar-refractivity contribution < 1.29 is 19.4 Å². The van der Waals surface area contributed by atoms with Gasteiger partial charge in [0.25, 0.3) is 0 Å². The lowest BCUT2D eigenvalue weighted by atomic mass is 9.90. The van der Waals surface area contributed by atoms with E-state index in [1.54, 1.807) is 14.2 Å². The highest BCUT2D eigenvalue weighted by molar-refractivity contribution is 5.87. The van der Waals surface area contributed by atoms with Gasteiger partial charge in [0.05, 0.1) is 20.3 Å². The molecule has 0 fully saturated rings. The number of para-hydroxylation sites is 1. The molecule has 3 N–H and O–H groups in total. The number of hydrogen-bond donors (Lipinski definition) is 3. The average Bonchev–Trinajstić information content (AvgIpc) is 3.05. The molecular formula is C20H20N2O4. The van der Waals surface area contributed by atoms with Crippen molar-refractivity contribution in [3.05, 3.63) is 59.3 Å². The number of carboxylic acids is 1. The number of ether oxygens (including phenoxy) is 2. The fourth-order valence-electron chi connectivity index (χ4n) is 3.69. The molecule has 134 valence electrons. The van der Waals surface area contributed by atoms with Crippen LogP contribution in [-0.4, -0.2) is 36.3 Å². The van der Waals surface area contributed by atoms with Gasteiger partial charge >= 0.3 is 5.97 Å². The van der Waals surface area contributed by atoms with Crippen molar-refractivity contribution in [3.63, 3.8) is 0 Å². The van der Waals surface area contributed by atoms with Gasteiger partial charge in [-0.25, -0.2) is 0 Å². The number of carbonyl (C=O) groups is 1. The van der Waals surface area contributed by atoms with Crippen molar-refractivity contribution in [1.82, 2.24) is 10.3 Å². The van der Waals surface area contributed by atoms with Crippen LogP contribution in [0, 0.1) is 0 Å². The summed E-state index contributed by atoms with van der Waals surface area (Å²) in [5.41, 5.74) is 3.97. The molecule has 0 saturated heterocycles. The Balaban J connectivity index is 1.87. The van der Waals surface area contributed by atoms with Gasteiger partial charge in [-0.2, -0.15) is 0 Å². The minimum absolute atomic E-state index is 0.271. The second-order valence-corrected chi connectivity index (χ2v) is 6.37. The molecule has 4 rings (SSSR count). The van der Waals surface area contributed by atoms with Gasteiger partial charge in [-0.15, -0.1) is 0 Å². The van der Waals surface area contributed by atoms with Gasteiger partial charge in [-0.3, -0.25) is 10.1 Å². The minimum atomic E-state index is -0.855. The monoisotopic (exact) mass is 352 g/mol. The van der Waals surface area contributed by atoms with E-state index >= 15 is 0 Å². The first kappa shape index (κ1) is 16.5. The molecule has 1 aromatic heterocycles. The number of nitrogens with one attached hydrogen (secondary N) is 2.